The largest absolute Gasteiger partial charge is 0.367 e. The van der Waals surface area contributed by atoms with Crippen LogP contribution in [0.3, 0.4) is 0 Å². The van der Waals surface area contributed by atoms with Crippen LogP contribution in [0.5, 0.6) is 0 Å². The monoisotopic (exact) mass is 393 g/mol. The zero-order valence-electron chi connectivity index (χ0n) is 16.5. The van der Waals surface area contributed by atoms with Crippen LogP contribution in [-0.2, 0) is 17.1 Å². The molecular formula is C17H27N7O2S. The smallest absolute Gasteiger partial charge is 0.246 e. The summed E-state index contributed by atoms with van der Waals surface area (Å²) in [5.74, 6) is 1.59. The van der Waals surface area contributed by atoms with E-state index in [-0.39, 0.29) is 6.04 Å². The lowest BCUT2D eigenvalue weighted by molar-refractivity contribution is 0.329. The predicted octanol–water partition coefficient (Wildman–Crippen LogP) is 1.16. The Morgan fingerprint density at radius 3 is 2.41 bits per heavy atom. The molecule has 1 saturated heterocycles. The molecule has 2 aromatic heterocycles. The van der Waals surface area contributed by atoms with E-state index < -0.39 is 10.0 Å². The van der Waals surface area contributed by atoms with Crippen molar-refractivity contribution in [1.82, 2.24) is 24.1 Å². The highest BCUT2D eigenvalue weighted by Crippen LogP contribution is 2.26. The Labute approximate surface area is 160 Å². The molecule has 3 heterocycles. The van der Waals surface area contributed by atoms with Gasteiger partial charge in [0.1, 0.15) is 22.9 Å². The summed E-state index contributed by atoms with van der Waals surface area (Å²) in [6.07, 6.45) is 2.98. The fourth-order valence-corrected chi connectivity index (χ4v) is 5.25. The van der Waals surface area contributed by atoms with Gasteiger partial charge in [0.15, 0.2) is 0 Å². The van der Waals surface area contributed by atoms with Crippen molar-refractivity contribution < 1.29 is 8.42 Å². The van der Waals surface area contributed by atoms with Crippen molar-refractivity contribution >= 4 is 21.7 Å². The van der Waals surface area contributed by atoms with Gasteiger partial charge in [-0.25, -0.2) is 18.4 Å². The van der Waals surface area contributed by atoms with E-state index >= 15 is 0 Å². The number of hydrogen-bond donors (Lipinski definition) is 1. The number of anilines is 2. The second-order valence-electron chi connectivity index (χ2n) is 7.10. The van der Waals surface area contributed by atoms with E-state index in [1.165, 1.54) is 6.33 Å². The van der Waals surface area contributed by atoms with Crippen LogP contribution in [0.15, 0.2) is 17.3 Å². The summed E-state index contributed by atoms with van der Waals surface area (Å²) in [4.78, 5) is 10.7. The van der Waals surface area contributed by atoms with Gasteiger partial charge in [-0.15, -0.1) is 0 Å². The number of hydrogen-bond acceptors (Lipinski definition) is 7. The summed E-state index contributed by atoms with van der Waals surface area (Å²) in [7, 11) is 2.10. The third-order valence-electron chi connectivity index (χ3n) is 4.96. The Balaban J connectivity index is 1.67. The van der Waals surface area contributed by atoms with Crippen molar-refractivity contribution in [2.75, 3.05) is 37.4 Å². The third kappa shape index (κ3) is 3.91. The molecule has 1 aliphatic rings. The molecule has 0 radical (unpaired) electrons. The van der Waals surface area contributed by atoms with Crippen LogP contribution in [0.4, 0.5) is 11.6 Å². The quantitative estimate of drug-likeness (QED) is 0.814. The lowest BCUT2D eigenvalue weighted by atomic mass is 10.1. The molecule has 1 N–H and O–H groups in total. The standard InChI is InChI=1S/C17H27N7O2S/c1-12-17(13(2)23(5)21-12)27(25,26)24-8-6-14(7-9-24)20-15-10-16(22(3)4)19-11-18-15/h10-11,14H,6-9H2,1-5H3,(H,18,19,20). The van der Waals surface area contributed by atoms with Crippen LogP contribution in [0.1, 0.15) is 24.2 Å². The molecule has 2 aromatic rings. The number of piperidine rings is 1. The van der Waals surface area contributed by atoms with Gasteiger partial charge in [0, 0.05) is 46.3 Å². The summed E-state index contributed by atoms with van der Waals surface area (Å²) in [6.45, 7) is 4.48. The summed E-state index contributed by atoms with van der Waals surface area (Å²) in [5, 5.41) is 7.64. The van der Waals surface area contributed by atoms with E-state index in [1.807, 2.05) is 25.1 Å². The molecule has 1 fully saturated rings. The van der Waals surface area contributed by atoms with E-state index in [0.717, 1.165) is 24.5 Å². The van der Waals surface area contributed by atoms with Crippen molar-refractivity contribution in [3.8, 4) is 0 Å². The first-order valence-electron chi connectivity index (χ1n) is 8.96. The van der Waals surface area contributed by atoms with E-state index in [4.69, 9.17) is 0 Å². The topological polar surface area (TPSA) is 96.2 Å². The zero-order valence-corrected chi connectivity index (χ0v) is 17.3. The van der Waals surface area contributed by atoms with Gasteiger partial charge in [-0.05, 0) is 26.7 Å². The lowest BCUT2D eigenvalue weighted by Gasteiger charge is -2.32. The molecule has 0 aromatic carbocycles. The van der Waals surface area contributed by atoms with Crippen LogP contribution in [-0.4, -0.2) is 65.7 Å². The summed E-state index contributed by atoms with van der Waals surface area (Å²) in [5.41, 5.74) is 1.22. The average molecular weight is 394 g/mol. The van der Waals surface area contributed by atoms with Gasteiger partial charge >= 0.3 is 0 Å². The van der Waals surface area contributed by atoms with Crippen LogP contribution < -0.4 is 10.2 Å². The maximum atomic E-state index is 13.1. The van der Waals surface area contributed by atoms with E-state index in [9.17, 15) is 8.42 Å². The molecule has 0 unspecified atom stereocenters. The van der Waals surface area contributed by atoms with Gasteiger partial charge in [-0.3, -0.25) is 4.68 Å². The molecule has 1 aliphatic heterocycles. The van der Waals surface area contributed by atoms with Gasteiger partial charge in [-0.2, -0.15) is 9.40 Å². The maximum Gasteiger partial charge on any atom is 0.246 e. The SMILES string of the molecule is Cc1nn(C)c(C)c1S(=O)(=O)N1CCC(Nc2cc(N(C)C)ncn2)CC1. The Morgan fingerprint density at radius 1 is 1.19 bits per heavy atom. The van der Waals surface area contributed by atoms with Crippen LogP contribution in [0.25, 0.3) is 0 Å². The number of sulfonamides is 1. The molecule has 0 aliphatic carbocycles. The summed E-state index contributed by atoms with van der Waals surface area (Å²) >= 11 is 0. The minimum atomic E-state index is -3.53. The Hall–Kier alpha value is -2.20. The fourth-order valence-electron chi connectivity index (χ4n) is 3.38. The molecule has 0 bridgehead atoms. The van der Waals surface area contributed by atoms with Crippen molar-refractivity contribution in [3.05, 3.63) is 23.8 Å². The predicted molar refractivity (Wildman–Crippen MR) is 104 cm³/mol. The molecule has 148 valence electrons. The van der Waals surface area contributed by atoms with E-state index in [2.05, 4.69) is 20.4 Å². The zero-order chi connectivity index (χ0) is 19.8. The minimum Gasteiger partial charge on any atom is -0.367 e. The van der Waals surface area contributed by atoms with Gasteiger partial charge in [0.05, 0.1) is 11.4 Å². The molecule has 0 amide bonds. The molecule has 0 spiro atoms. The first kappa shape index (κ1) is 19.6. The first-order chi connectivity index (χ1) is 12.7. The van der Waals surface area contributed by atoms with Crippen LogP contribution in [0.2, 0.25) is 0 Å². The van der Waals surface area contributed by atoms with Gasteiger partial charge in [-0.1, -0.05) is 0 Å². The minimum absolute atomic E-state index is 0.178. The molecule has 27 heavy (non-hydrogen) atoms. The van der Waals surface area contributed by atoms with Crippen LogP contribution in [0, 0.1) is 13.8 Å². The highest BCUT2D eigenvalue weighted by molar-refractivity contribution is 7.89. The number of rotatable bonds is 5. The van der Waals surface area contributed by atoms with Crippen molar-refractivity contribution in [1.29, 1.82) is 0 Å². The Kier molecular flexibility index (Phi) is 5.38. The average Bonchev–Trinajstić information content (AvgIpc) is 2.88. The van der Waals surface area contributed by atoms with Crippen molar-refractivity contribution in [2.45, 2.75) is 37.6 Å². The van der Waals surface area contributed by atoms with Crippen molar-refractivity contribution in [2.24, 2.45) is 7.05 Å². The lowest BCUT2D eigenvalue weighted by Crippen LogP contribution is -2.42. The van der Waals surface area contributed by atoms with Gasteiger partial charge in [0.2, 0.25) is 10.0 Å². The maximum absolute atomic E-state index is 13.1. The van der Waals surface area contributed by atoms with Gasteiger partial charge < -0.3 is 10.2 Å². The fraction of sp³-hybridized carbons (Fsp3) is 0.588. The van der Waals surface area contributed by atoms with Crippen LogP contribution >= 0.6 is 0 Å². The molecular weight excluding hydrogens is 366 g/mol. The second-order valence-corrected chi connectivity index (χ2v) is 8.98. The number of aryl methyl sites for hydroxylation is 2. The molecule has 0 saturated carbocycles. The second kappa shape index (κ2) is 7.43. The van der Waals surface area contributed by atoms with E-state index in [1.54, 1.807) is 29.9 Å². The van der Waals surface area contributed by atoms with Gasteiger partial charge in [0.25, 0.3) is 0 Å². The molecule has 0 atom stereocenters. The highest BCUT2D eigenvalue weighted by Gasteiger charge is 2.33. The number of nitrogens with zero attached hydrogens (tertiary/aromatic N) is 6. The molecule has 3 rings (SSSR count). The van der Waals surface area contributed by atoms with Crippen molar-refractivity contribution in [3.63, 3.8) is 0 Å². The Bertz CT molecular complexity index is 915. The highest BCUT2D eigenvalue weighted by atomic mass is 32.2. The Morgan fingerprint density at radius 2 is 1.85 bits per heavy atom. The summed E-state index contributed by atoms with van der Waals surface area (Å²) in [6, 6.07) is 2.07. The van der Waals surface area contributed by atoms with E-state index in [0.29, 0.717) is 29.4 Å². The number of aromatic nitrogens is 4. The number of nitrogens with one attached hydrogen (secondary N) is 1. The molecule has 10 heteroatoms. The summed E-state index contributed by atoms with van der Waals surface area (Å²) < 4.78 is 29.3. The third-order valence-corrected chi connectivity index (χ3v) is 7.11. The first-order valence-corrected chi connectivity index (χ1v) is 10.4. The normalized spacial score (nSPS) is 16.5. The molecule has 9 nitrogen and oxygen atoms in total.